The highest BCUT2D eigenvalue weighted by Crippen LogP contribution is 2.43. The smallest absolute Gasteiger partial charge is 0.308 e. The standard InChI is InChI=1S/C65H42F6N6/c1-39-29-48(33-50(31-39)64(66,67)68)45-23-26-57-52(35-45)53-36-46(49-30-40(2)32-51(34-49)65(69,70)71)24-27-58(53)77(57)59-28-25-47(62-72-55(41-15-7-3-8-16-41)38-56(73-62)42-17-9-4-10-18-42)37-54(59)63-75-60(43-19-11-5-12-20-43)74-61(76-63)44-21-13-6-14-22-44/h3-38H,1-2H3. The molecular weight excluding hydrogens is 979 g/mol. The van der Waals surface area contributed by atoms with E-state index in [-0.39, 0.29) is 0 Å². The SMILES string of the molecule is Cc1cc(-c2ccc3c(c2)c2cc(-c4cc(C)cc(C(F)(F)F)c4)ccc2n3-c2ccc(-c3nc(-c4ccccc4)cc(-c4ccccc4)n3)cc2-c2nc(-c3ccccc3)nc(-c3ccccc3)n2)cc(C(F)(F)F)c1. The van der Waals surface area contributed by atoms with Crippen molar-refractivity contribution in [2.45, 2.75) is 26.2 Å². The predicted octanol–water partition coefficient (Wildman–Crippen LogP) is 17.7. The van der Waals surface area contributed by atoms with E-state index in [2.05, 4.69) is 0 Å². The maximum Gasteiger partial charge on any atom is 0.416 e. The number of fused-ring (bicyclic) bond motifs is 3. The number of alkyl halides is 6. The van der Waals surface area contributed by atoms with Crippen LogP contribution in [0.3, 0.4) is 0 Å². The molecule has 3 heterocycles. The summed E-state index contributed by atoms with van der Waals surface area (Å²) in [5, 5.41) is 1.29. The van der Waals surface area contributed by atoms with Gasteiger partial charge in [-0.25, -0.2) is 24.9 Å². The number of hydrogen-bond donors (Lipinski definition) is 0. The Balaban J connectivity index is 1.15. The zero-order valence-electron chi connectivity index (χ0n) is 41.2. The fourth-order valence-corrected chi connectivity index (χ4v) is 9.94. The summed E-state index contributed by atoms with van der Waals surface area (Å²) in [5.74, 6) is 1.59. The lowest BCUT2D eigenvalue weighted by Gasteiger charge is -2.17. The molecule has 374 valence electrons. The summed E-state index contributed by atoms with van der Waals surface area (Å²) in [4.78, 5) is 25.8. The second kappa shape index (κ2) is 19.3. The Hall–Kier alpha value is -9.55. The van der Waals surface area contributed by atoms with E-state index in [0.717, 1.165) is 46.5 Å². The van der Waals surface area contributed by atoms with Crippen molar-refractivity contribution in [1.29, 1.82) is 0 Å². The van der Waals surface area contributed by atoms with Gasteiger partial charge < -0.3 is 4.57 Å². The molecule has 77 heavy (non-hydrogen) atoms. The maximum atomic E-state index is 14.3. The van der Waals surface area contributed by atoms with Crippen LogP contribution in [-0.4, -0.2) is 29.5 Å². The molecule has 0 fully saturated rings. The topological polar surface area (TPSA) is 69.4 Å². The molecule has 12 aromatic rings. The number of halogens is 6. The zero-order valence-corrected chi connectivity index (χ0v) is 41.2. The molecule has 0 N–H and O–H groups in total. The van der Waals surface area contributed by atoms with Gasteiger partial charge in [0.25, 0.3) is 0 Å². The predicted molar refractivity (Wildman–Crippen MR) is 293 cm³/mol. The van der Waals surface area contributed by atoms with Gasteiger partial charge in [0, 0.05) is 44.2 Å². The summed E-state index contributed by atoms with van der Waals surface area (Å²) in [7, 11) is 0. The molecule has 0 aliphatic heterocycles. The summed E-state index contributed by atoms with van der Waals surface area (Å²) in [6.45, 7) is 3.24. The quantitative estimate of drug-likeness (QED) is 0.135. The van der Waals surface area contributed by atoms with Crippen molar-refractivity contribution in [2.24, 2.45) is 0 Å². The van der Waals surface area contributed by atoms with Crippen molar-refractivity contribution in [3.8, 4) is 96.0 Å². The van der Waals surface area contributed by atoms with Crippen molar-refractivity contribution in [3.63, 3.8) is 0 Å². The first-order chi connectivity index (χ1) is 37.2. The van der Waals surface area contributed by atoms with Crippen LogP contribution in [0.5, 0.6) is 0 Å². The van der Waals surface area contributed by atoms with Crippen molar-refractivity contribution in [2.75, 3.05) is 0 Å². The van der Waals surface area contributed by atoms with Crippen molar-refractivity contribution in [1.82, 2.24) is 29.5 Å². The first kappa shape index (κ1) is 48.4. The first-order valence-corrected chi connectivity index (χ1v) is 24.7. The molecule has 6 nitrogen and oxygen atoms in total. The summed E-state index contributed by atoms with van der Waals surface area (Å²) in [5.41, 5.74) is 8.90. The number of rotatable bonds is 9. The minimum atomic E-state index is -4.59. The van der Waals surface area contributed by atoms with E-state index in [4.69, 9.17) is 24.9 Å². The van der Waals surface area contributed by atoms with Crippen LogP contribution in [-0.2, 0) is 12.4 Å². The largest absolute Gasteiger partial charge is 0.416 e. The van der Waals surface area contributed by atoms with Crippen LogP contribution in [0.25, 0.3) is 118 Å². The van der Waals surface area contributed by atoms with Crippen LogP contribution < -0.4 is 0 Å². The molecule has 12 heteroatoms. The van der Waals surface area contributed by atoms with Crippen LogP contribution in [0.2, 0.25) is 0 Å². The summed E-state index contributed by atoms with van der Waals surface area (Å²) in [6, 6.07) is 65.6. The van der Waals surface area contributed by atoms with Crippen LogP contribution >= 0.6 is 0 Å². The number of hydrogen-bond acceptors (Lipinski definition) is 5. The molecule has 0 saturated carbocycles. The van der Waals surface area contributed by atoms with E-state index < -0.39 is 23.5 Å². The third kappa shape index (κ3) is 9.61. The Morgan fingerprint density at radius 1 is 0.312 bits per heavy atom. The monoisotopic (exact) mass is 1020 g/mol. The van der Waals surface area contributed by atoms with Gasteiger partial charge in [-0.1, -0.05) is 146 Å². The highest BCUT2D eigenvalue weighted by molar-refractivity contribution is 6.12. The van der Waals surface area contributed by atoms with Crippen LogP contribution in [0.15, 0.2) is 218 Å². The van der Waals surface area contributed by atoms with E-state index in [1.807, 2.05) is 174 Å². The maximum absolute atomic E-state index is 14.3. The van der Waals surface area contributed by atoms with Gasteiger partial charge >= 0.3 is 12.4 Å². The molecule has 3 aromatic heterocycles. The van der Waals surface area contributed by atoms with Crippen LogP contribution in [0.1, 0.15) is 22.3 Å². The van der Waals surface area contributed by atoms with Crippen molar-refractivity contribution in [3.05, 3.63) is 241 Å². The van der Waals surface area contributed by atoms with Gasteiger partial charge in [0.15, 0.2) is 23.3 Å². The highest BCUT2D eigenvalue weighted by atomic mass is 19.4. The Morgan fingerprint density at radius 3 is 1.13 bits per heavy atom. The third-order valence-corrected chi connectivity index (χ3v) is 13.5. The Morgan fingerprint density at radius 2 is 0.701 bits per heavy atom. The highest BCUT2D eigenvalue weighted by Gasteiger charge is 2.32. The summed E-state index contributed by atoms with van der Waals surface area (Å²) >= 11 is 0. The van der Waals surface area contributed by atoms with Crippen LogP contribution in [0, 0.1) is 13.8 Å². The van der Waals surface area contributed by atoms with Gasteiger partial charge in [0.2, 0.25) is 0 Å². The average Bonchev–Trinajstić information content (AvgIpc) is 3.99. The van der Waals surface area contributed by atoms with Gasteiger partial charge in [0.05, 0.1) is 39.2 Å². The molecular formula is C65H42F6N6. The number of aromatic nitrogens is 6. The molecule has 0 aliphatic rings. The van der Waals surface area contributed by atoms with Crippen molar-refractivity contribution < 1.29 is 26.3 Å². The summed E-state index contributed by atoms with van der Waals surface area (Å²) < 4.78 is 87.9. The molecule has 12 rings (SSSR count). The molecule has 0 amide bonds. The van der Waals surface area contributed by atoms with Gasteiger partial charge in [-0.15, -0.1) is 0 Å². The number of nitrogens with zero attached hydrogens (tertiary/aromatic N) is 6. The Labute approximate surface area is 438 Å². The van der Waals surface area contributed by atoms with Gasteiger partial charge in [-0.05, 0) is 120 Å². The molecule has 0 atom stereocenters. The fraction of sp³-hybridized carbons (Fsp3) is 0.0615. The second-order valence-corrected chi connectivity index (χ2v) is 18.9. The van der Waals surface area contributed by atoms with Gasteiger partial charge in [0.1, 0.15) is 0 Å². The minimum absolute atomic E-state index is 0.319. The van der Waals surface area contributed by atoms with Crippen LogP contribution in [0.4, 0.5) is 26.3 Å². The third-order valence-electron chi connectivity index (χ3n) is 13.5. The molecule has 0 saturated heterocycles. The van der Waals surface area contributed by atoms with Gasteiger partial charge in [-0.3, -0.25) is 0 Å². The van der Waals surface area contributed by atoms with E-state index in [1.54, 1.807) is 38.1 Å². The minimum Gasteiger partial charge on any atom is -0.308 e. The Bertz CT molecular complexity index is 3960. The average molecular weight is 1020 g/mol. The lowest BCUT2D eigenvalue weighted by Crippen LogP contribution is -2.05. The lowest BCUT2D eigenvalue weighted by molar-refractivity contribution is -0.138. The molecule has 0 unspecified atom stereocenters. The number of aryl methyl sites for hydroxylation is 2. The second-order valence-electron chi connectivity index (χ2n) is 18.9. The fourth-order valence-electron chi connectivity index (χ4n) is 9.94. The molecule has 0 radical (unpaired) electrons. The lowest BCUT2D eigenvalue weighted by atomic mass is 9.96. The Kier molecular flexibility index (Phi) is 12.1. The molecule has 9 aromatic carbocycles. The van der Waals surface area contributed by atoms with Gasteiger partial charge in [-0.2, -0.15) is 26.3 Å². The molecule has 0 bridgehead atoms. The zero-order chi connectivity index (χ0) is 53.0. The molecule has 0 aliphatic carbocycles. The summed E-state index contributed by atoms with van der Waals surface area (Å²) in [6.07, 6.45) is -9.18. The normalized spacial score (nSPS) is 11.9. The first-order valence-electron chi connectivity index (χ1n) is 24.7. The van der Waals surface area contributed by atoms with E-state index >= 15 is 0 Å². The molecule has 0 spiro atoms. The van der Waals surface area contributed by atoms with E-state index in [1.165, 1.54) is 0 Å². The number of benzene rings is 9. The van der Waals surface area contributed by atoms with E-state index in [0.29, 0.717) is 107 Å². The van der Waals surface area contributed by atoms with Crippen molar-refractivity contribution >= 4 is 21.8 Å². The van der Waals surface area contributed by atoms with E-state index in [9.17, 15) is 26.3 Å².